The van der Waals surface area contributed by atoms with Crippen molar-refractivity contribution in [2.45, 2.75) is 26.3 Å². The number of hydrogen-bond acceptors (Lipinski definition) is 6. The molecule has 4 rings (SSSR count). The zero-order chi connectivity index (χ0) is 26.2. The number of halogens is 1. The average Bonchev–Trinajstić information content (AvgIpc) is 2.88. The van der Waals surface area contributed by atoms with Gasteiger partial charge in [0.2, 0.25) is 5.91 Å². The summed E-state index contributed by atoms with van der Waals surface area (Å²) in [6.07, 6.45) is 0. The third kappa shape index (κ3) is 7.38. The lowest BCUT2D eigenvalue weighted by Crippen LogP contribution is -2.35. The van der Waals surface area contributed by atoms with E-state index in [1.54, 1.807) is 25.3 Å². The molecule has 1 amide bonds. The summed E-state index contributed by atoms with van der Waals surface area (Å²) < 4.78 is 23.5. The number of benzene rings is 3. The van der Waals surface area contributed by atoms with Crippen LogP contribution in [0.1, 0.15) is 30.9 Å². The van der Waals surface area contributed by atoms with E-state index in [2.05, 4.69) is 31.3 Å². The van der Waals surface area contributed by atoms with Crippen LogP contribution < -0.4 is 19.5 Å². The van der Waals surface area contributed by atoms with Crippen LogP contribution in [0.5, 0.6) is 23.0 Å². The second-order valence-electron chi connectivity index (χ2n) is 9.13. The van der Waals surface area contributed by atoms with Crippen LogP contribution in [-0.2, 0) is 16.1 Å². The molecule has 7 nitrogen and oxygen atoms in total. The number of anilines is 1. The number of carbonyl (C=O) groups excluding carboxylic acids is 1. The second-order valence-corrected chi connectivity index (χ2v) is 9.57. The van der Waals surface area contributed by atoms with Crippen LogP contribution in [0.25, 0.3) is 0 Å². The molecule has 0 saturated heterocycles. The standard InChI is InChI=1S/C29H33ClN2O5/c1-20(2)21-8-10-25(34-3)22(16-21)18-32-12-13-35-14-15-36-27-6-4-5-7-28(27)37-26-11-9-23(30)17-24(26)31-29(33)19-32/h4-11,16-17,20H,12-15,18-19H2,1-3H3,(H,31,33). The van der Waals surface area contributed by atoms with E-state index in [-0.39, 0.29) is 12.5 Å². The Morgan fingerprint density at radius 3 is 2.59 bits per heavy atom. The maximum absolute atomic E-state index is 13.2. The van der Waals surface area contributed by atoms with Gasteiger partial charge in [0, 0.05) is 23.7 Å². The number of para-hydroxylation sites is 2. The topological polar surface area (TPSA) is 69.3 Å². The molecule has 8 heteroatoms. The molecule has 196 valence electrons. The van der Waals surface area contributed by atoms with E-state index in [1.165, 1.54) is 5.56 Å². The van der Waals surface area contributed by atoms with Gasteiger partial charge in [-0.15, -0.1) is 0 Å². The van der Waals surface area contributed by atoms with E-state index in [1.807, 2.05) is 35.2 Å². The first-order chi connectivity index (χ1) is 17.9. The van der Waals surface area contributed by atoms with Gasteiger partial charge in [0.25, 0.3) is 0 Å². The summed E-state index contributed by atoms with van der Waals surface area (Å²) in [6, 6.07) is 18.7. The van der Waals surface area contributed by atoms with Crippen molar-refractivity contribution in [3.05, 3.63) is 76.8 Å². The highest BCUT2D eigenvalue weighted by molar-refractivity contribution is 6.31. The van der Waals surface area contributed by atoms with Gasteiger partial charge in [0.15, 0.2) is 17.2 Å². The Morgan fingerprint density at radius 2 is 1.81 bits per heavy atom. The summed E-state index contributed by atoms with van der Waals surface area (Å²) in [5, 5.41) is 3.46. The molecule has 0 fully saturated rings. The summed E-state index contributed by atoms with van der Waals surface area (Å²) in [7, 11) is 1.66. The number of nitrogens with one attached hydrogen (secondary N) is 1. The minimum atomic E-state index is -0.189. The Bertz CT molecular complexity index is 1220. The first-order valence-electron chi connectivity index (χ1n) is 12.4. The summed E-state index contributed by atoms with van der Waals surface area (Å²) >= 11 is 6.26. The normalized spacial score (nSPS) is 15.3. The largest absolute Gasteiger partial charge is 0.496 e. The van der Waals surface area contributed by atoms with Crippen molar-refractivity contribution in [3.63, 3.8) is 0 Å². The smallest absolute Gasteiger partial charge is 0.238 e. The maximum atomic E-state index is 13.2. The van der Waals surface area contributed by atoms with Gasteiger partial charge in [-0.05, 0) is 47.9 Å². The lowest BCUT2D eigenvalue weighted by Gasteiger charge is -2.24. The monoisotopic (exact) mass is 524 g/mol. The fourth-order valence-corrected chi connectivity index (χ4v) is 4.27. The molecule has 37 heavy (non-hydrogen) atoms. The van der Waals surface area contributed by atoms with Crippen LogP contribution in [0.2, 0.25) is 5.02 Å². The van der Waals surface area contributed by atoms with Gasteiger partial charge in [-0.3, -0.25) is 9.69 Å². The van der Waals surface area contributed by atoms with Gasteiger partial charge in [-0.2, -0.15) is 0 Å². The molecule has 0 atom stereocenters. The number of methoxy groups -OCH3 is 1. The predicted octanol–water partition coefficient (Wildman–Crippen LogP) is 6.11. The van der Waals surface area contributed by atoms with Gasteiger partial charge in [-0.25, -0.2) is 0 Å². The number of fused-ring (bicyclic) bond motifs is 2. The zero-order valence-corrected chi connectivity index (χ0v) is 22.2. The Kier molecular flexibility index (Phi) is 9.28. The Hall–Kier alpha value is -3.26. The number of ether oxygens (including phenoxy) is 4. The molecule has 1 aliphatic rings. The van der Waals surface area contributed by atoms with Gasteiger partial charge < -0.3 is 24.3 Å². The van der Waals surface area contributed by atoms with Crippen molar-refractivity contribution in [2.75, 3.05) is 45.3 Å². The van der Waals surface area contributed by atoms with E-state index < -0.39 is 0 Å². The number of amides is 1. The number of nitrogens with zero attached hydrogens (tertiary/aromatic N) is 1. The minimum Gasteiger partial charge on any atom is -0.496 e. The van der Waals surface area contributed by atoms with E-state index in [0.29, 0.717) is 66.8 Å². The fraction of sp³-hybridized carbons (Fsp3) is 0.345. The van der Waals surface area contributed by atoms with E-state index in [0.717, 1.165) is 11.3 Å². The Morgan fingerprint density at radius 1 is 1.00 bits per heavy atom. The molecule has 0 spiro atoms. The first-order valence-corrected chi connectivity index (χ1v) is 12.8. The molecule has 1 aliphatic heterocycles. The maximum Gasteiger partial charge on any atom is 0.238 e. The summed E-state index contributed by atoms with van der Waals surface area (Å²) in [5.41, 5.74) is 2.72. The van der Waals surface area contributed by atoms with Crippen LogP contribution in [-0.4, -0.2) is 50.8 Å². The summed E-state index contributed by atoms with van der Waals surface area (Å²) in [4.78, 5) is 15.3. The highest BCUT2D eigenvalue weighted by Crippen LogP contribution is 2.36. The molecule has 1 N–H and O–H groups in total. The SMILES string of the molecule is COc1ccc(C(C)C)cc1CN1CCOCCOc2ccccc2Oc2ccc(Cl)cc2NC(=O)C1. The van der Waals surface area contributed by atoms with Gasteiger partial charge >= 0.3 is 0 Å². The zero-order valence-electron chi connectivity index (χ0n) is 21.5. The molecule has 0 saturated carbocycles. The Balaban J connectivity index is 1.60. The fourth-order valence-electron chi connectivity index (χ4n) is 4.10. The van der Waals surface area contributed by atoms with E-state index in [9.17, 15) is 4.79 Å². The van der Waals surface area contributed by atoms with Crippen LogP contribution in [0.15, 0.2) is 60.7 Å². The number of carbonyl (C=O) groups is 1. The van der Waals surface area contributed by atoms with Crippen molar-refractivity contribution in [1.82, 2.24) is 4.90 Å². The van der Waals surface area contributed by atoms with Crippen molar-refractivity contribution in [2.24, 2.45) is 0 Å². The van der Waals surface area contributed by atoms with Gasteiger partial charge in [-0.1, -0.05) is 49.7 Å². The van der Waals surface area contributed by atoms with Gasteiger partial charge in [0.05, 0.1) is 32.6 Å². The van der Waals surface area contributed by atoms with E-state index in [4.69, 9.17) is 30.5 Å². The molecule has 3 aromatic rings. The predicted molar refractivity (Wildman–Crippen MR) is 145 cm³/mol. The van der Waals surface area contributed by atoms with Crippen molar-refractivity contribution in [1.29, 1.82) is 0 Å². The summed E-state index contributed by atoms with van der Waals surface area (Å²) in [5.74, 6) is 2.58. The molecule has 0 radical (unpaired) electrons. The first kappa shape index (κ1) is 26.8. The van der Waals surface area contributed by atoms with Crippen LogP contribution in [0, 0.1) is 0 Å². The second kappa shape index (κ2) is 12.8. The Labute approximate surface area is 223 Å². The molecule has 0 aromatic heterocycles. The van der Waals surface area contributed by atoms with Crippen LogP contribution in [0.4, 0.5) is 5.69 Å². The molecule has 0 bridgehead atoms. The number of rotatable bonds is 4. The quantitative estimate of drug-likeness (QED) is 0.444. The highest BCUT2D eigenvalue weighted by Gasteiger charge is 2.18. The molecule has 3 aromatic carbocycles. The molecular formula is C29H33ClN2O5. The lowest BCUT2D eigenvalue weighted by atomic mass is 10.00. The third-order valence-electron chi connectivity index (χ3n) is 6.05. The molecule has 1 heterocycles. The van der Waals surface area contributed by atoms with Crippen molar-refractivity contribution in [3.8, 4) is 23.0 Å². The lowest BCUT2D eigenvalue weighted by molar-refractivity contribution is -0.117. The number of hydrogen-bond donors (Lipinski definition) is 1. The summed E-state index contributed by atoms with van der Waals surface area (Å²) in [6.45, 7) is 6.77. The van der Waals surface area contributed by atoms with Crippen LogP contribution >= 0.6 is 11.6 Å². The minimum absolute atomic E-state index is 0.150. The van der Waals surface area contributed by atoms with Crippen molar-refractivity contribution >= 4 is 23.2 Å². The van der Waals surface area contributed by atoms with Crippen molar-refractivity contribution < 1.29 is 23.7 Å². The highest BCUT2D eigenvalue weighted by atomic mass is 35.5. The molecule has 0 aliphatic carbocycles. The van der Waals surface area contributed by atoms with E-state index >= 15 is 0 Å². The third-order valence-corrected chi connectivity index (χ3v) is 6.29. The van der Waals surface area contributed by atoms with Crippen LogP contribution in [0.3, 0.4) is 0 Å². The van der Waals surface area contributed by atoms with Gasteiger partial charge in [0.1, 0.15) is 12.4 Å². The molecule has 0 unspecified atom stereocenters. The molecular weight excluding hydrogens is 492 g/mol. The average molecular weight is 525 g/mol.